The molecule has 0 bridgehead atoms. The van der Waals surface area contributed by atoms with Crippen LogP contribution in [-0.4, -0.2) is 59.6 Å². The molecule has 6 rings (SSSR count). The summed E-state index contributed by atoms with van der Waals surface area (Å²) in [6, 6.07) is 18.8. The zero-order valence-corrected chi connectivity index (χ0v) is 26.2. The number of aliphatic hydroxyl groups is 2. The van der Waals surface area contributed by atoms with Gasteiger partial charge in [-0.25, -0.2) is 9.97 Å². The molecule has 2 aliphatic rings. The Labute approximate surface area is 267 Å². The minimum absolute atomic E-state index is 0.0297. The van der Waals surface area contributed by atoms with Gasteiger partial charge < -0.3 is 30.3 Å². The predicted molar refractivity (Wildman–Crippen MR) is 173 cm³/mol. The monoisotopic (exact) mass is 634 g/mol. The maximum absolute atomic E-state index is 11.0. The van der Waals surface area contributed by atoms with Crippen molar-refractivity contribution in [2.24, 2.45) is 0 Å². The van der Waals surface area contributed by atoms with Gasteiger partial charge >= 0.3 is 0 Å². The summed E-state index contributed by atoms with van der Waals surface area (Å²) in [5.74, 6) is 0.727. The second-order valence-electron chi connectivity index (χ2n) is 11.2. The van der Waals surface area contributed by atoms with E-state index in [1.807, 2.05) is 60.7 Å². The zero-order valence-electron chi connectivity index (χ0n) is 24.7. The number of nitrogens with zero attached hydrogens (tertiary/aromatic N) is 2. The number of hydrogen-bond acceptors (Lipinski definition) is 8. The lowest BCUT2D eigenvalue weighted by Gasteiger charge is -2.21. The fourth-order valence-corrected chi connectivity index (χ4v) is 6.90. The molecule has 4 heterocycles. The van der Waals surface area contributed by atoms with E-state index in [2.05, 4.69) is 10.6 Å². The van der Waals surface area contributed by atoms with Crippen LogP contribution in [0.25, 0.3) is 33.6 Å². The smallest absolute Gasteiger partial charge is 0.219 e. The van der Waals surface area contributed by atoms with Gasteiger partial charge in [-0.1, -0.05) is 59.6 Å². The van der Waals surface area contributed by atoms with Crippen molar-refractivity contribution in [2.45, 2.75) is 50.0 Å². The molecule has 8 nitrogen and oxygen atoms in total. The minimum Gasteiger partial charge on any atom is -0.481 e. The van der Waals surface area contributed by atoms with E-state index in [9.17, 15) is 10.2 Å². The Morgan fingerprint density at radius 1 is 0.659 bits per heavy atom. The number of ether oxygens (including phenoxy) is 2. The van der Waals surface area contributed by atoms with Gasteiger partial charge in [-0.15, -0.1) is 0 Å². The third-order valence-electron chi connectivity index (χ3n) is 8.60. The number of rotatable bonds is 9. The molecule has 2 unspecified atom stereocenters. The number of benzene rings is 2. The fraction of sp³-hybridized carbons (Fsp3) is 0.353. The normalized spacial score (nSPS) is 19.6. The van der Waals surface area contributed by atoms with E-state index in [0.717, 1.165) is 49.9 Å². The molecule has 44 heavy (non-hydrogen) atoms. The maximum atomic E-state index is 11.0. The lowest BCUT2D eigenvalue weighted by molar-refractivity contribution is 0.133. The molecule has 0 amide bonds. The van der Waals surface area contributed by atoms with Gasteiger partial charge in [0.2, 0.25) is 11.8 Å². The van der Waals surface area contributed by atoms with Crippen LogP contribution in [-0.2, 0) is 0 Å². The summed E-state index contributed by atoms with van der Waals surface area (Å²) in [6.07, 6.45) is 2.40. The van der Waals surface area contributed by atoms with Gasteiger partial charge in [0, 0.05) is 45.5 Å². The van der Waals surface area contributed by atoms with Crippen LogP contribution in [0.4, 0.5) is 0 Å². The molecule has 2 aromatic carbocycles. The molecule has 230 valence electrons. The number of hydrogen-bond donors (Lipinski definition) is 4. The fourth-order valence-electron chi connectivity index (χ4n) is 6.25. The highest BCUT2D eigenvalue weighted by atomic mass is 35.5. The van der Waals surface area contributed by atoms with Crippen LogP contribution in [0, 0.1) is 0 Å². The lowest BCUT2D eigenvalue weighted by atomic mass is 9.97. The Bertz CT molecular complexity index is 1520. The van der Waals surface area contributed by atoms with Crippen molar-refractivity contribution in [2.75, 3.05) is 27.3 Å². The molecule has 0 saturated carbocycles. The van der Waals surface area contributed by atoms with Crippen molar-refractivity contribution in [3.63, 3.8) is 0 Å². The highest BCUT2D eigenvalue weighted by Gasteiger charge is 2.29. The van der Waals surface area contributed by atoms with Gasteiger partial charge in [0.1, 0.15) is 0 Å². The van der Waals surface area contributed by atoms with Crippen LogP contribution < -0.4 is 20.1 Å². The molecule has 2 aromatic heterocycles. The molecule has 10 heteroatoms. The van der Waals surface area contributed by atoms with E-state index in [1.165, 1.54) is 0 Å². The van der Waals surface area contributed by atoms with Gasteiger partial charge in [0.05, 0.1) is 47.9 Å². The summed E-state index contributed by atoms with van der Waals surface area (Å²) in [5, 5.41) is 29.6. The molecule has 2 aliphatic heterocycles. The first-order valence-corrected chi connectivity index (χ1v) is 15.7. The summed E-state index contributed by atoms with van der Waals surface area (Å²) >= 11 is 14.1. The van der Waals surface area contributed by atoms with Crippen molar-refractivity contribution >= 4 is 23.2 Å². The van der Waals surface area contributed by atoms with Gasteiger partial charge in [0.15, 0.2) is 0 Å². The quantitative estimate of drug-likeness (QED) is 0.168. The Morgan fingerprint density at radius 3 is 1.43 bits per heavy atom. The van der Waals surface area contributed by atoms with Crippen molar-refractivity contribution in [3.05, 3.63) is 81.8 Å². The van der Waals surface area contributed by atoms with Crippen molar-refractivity contribution in [1.82, 2.24) is 20.6 Å². The Balaban J connectivity index is 1.33. The molecule has 2 saturated heterocycles. The third kappa shape index (κ3) is 5.90. The van der Waals surface area contributed by atoms with E-state index in [-0.39, 0.29) is 12.1 Å². The molecule has 4 atom stereocenters. The van der Waals surface area contributed by atoms with Crippen molar-refractivity contribution < 1.29 is 19.7 Å². The van der Waals surface area contributed by atoms with Gasteiger partial charge in [-0.3, -0.25) is 0 Å². The first kappa shape index (κ1) is 30.8. The number of aromatic nitrogens is 2. The summed E-state index contributed by atoms with van der Waals surface area (Å²) in [5.41, 5.74) is 5.41. The van der Waals surface area contributed by atoms with Crippen molar-refractivity contribution in [1.29, 1.82) is 0 Å². The highest BCUT2D eigenvalue weighted by molar-refractivity contribution is 6.39. The van der Waals surface area contributed by atoms with E-state index >= 15 is 0 Å². The maximum Gasteiger partial charge on any atom is 0.219 e. The molecular formula is C34H36Cl2N4O4. The highest BCUT2D eigenvalue weighted by Crippen LogP contribution is 2.43. The van der Waals surface area contributed by atoms with Crippen LogP contribution >= 0.6 is 23.2 Å². The molecule has 4 aromatic rings. The molecule has 2 fully saturated rings. The topological polar surface area (TPSA) is 109 Å². The van der Waals surface area contributed by atoms with Gasteiger partial charge in [-0.2, -0.15) is 0 Å². The van der Waals surface area contributed by atoms with Crippen LogP contribution in [0.5, 0.6) is 11.8 Å². The number of pyridine rings is 2. The van der Waals surface area contributed by atoms with Crippen LogP contribution in [0.1, 0.15) is 49.0 Å². The van der Waals surface area contributed by atoms with Crippen LogP contribution in [0.15, 0.2) is 60.7 Å². The summed E-state index contributed by atoms with van der Waals surface area (Å²) in [6.45, 7) is 1.77. The molecule has 0 spiro atoms. The predicted octanol–water partition coefficient (Wildman–Crippen LogP) is 6.37. The second kappa shape index (κ2) is 13.4. The summed E-state index contributed by atoms with van der Waals surface area (Å²) in [7, 11) is 3.10. The Kier molecular flexibility index (Phi) is 9.37. The first-order valence-electron chi connectivity index (χ1n) is 14.9. The average molecular weight is 636 g/mol. The van der Waals surface area contributed by atoms with E-state index in [4.69, 9.17) is 42.6 Å². The number of methoxy groups -OCH3 is 2. The van der Waals surface area contributed by atoms with E-state index < -0.39 is 12.2 Å². The first-order chi connectivity index (χ1) is 21.4. The average Bonchev–Trinajstić information content (AvgIpc) is 3.80. The summed E-state index contributed by atoms with van der Waals surface area (Å²) in [4.78, 5) is 9.46. The van der Waals surface area contributed by atoms with Gasteiger partial charge in [-0.05, 0) is 63.0 Å². The number of halogens is 2. The third-order valence-corrected chi connectivity index (χ3v) is 9.42. The van der Waals surface area contributed by atoms with Crippen LogP contribution in [0.3, 0.4) is 0 Å². The number of nitrogens with one attached hydrogen (secondary N) is 2. The van der Waals surface area contributed by atoms with Crippen molar-refractivity contribution in [3.8, 4) is 45.4 Å². The standard InChI is InChI=1S/C34H36Cl2N4O4/c1-43-33-23(31(41)27-11-5-17-37-27)13-15-25(39-33)21-9-3-7-19(29(21)35)20-8-4-10-22(30(20)36)26-16-14-24(34(40-26)44-2)32(42)28-12-6-18-38-28/h3-4,7-10,13-16,27-28,31-32,37-38,41-42H,5-6,11-12,17-18H2,1-2H3/t27-,28-,31?,32?/m1/s1. The second-order valence-corrected chi connectivity index (χ2v) is 12.0. The molecule has 0 aliphatic carbocycles. The van der Waals surface area contributed by atoms with Gasteiger partial charge in [0.25, 0.3) is 0 Å². The van der Waals surface area contributed by atoms with Crippen LogP contribution in [0.2, 0.25) is 10.0 Å². The van der Waals surface area contributed by atoms with E-state index in [1.54, 1.807) is 14.2 Å². The lowest BCUT2D eigenvalue weighted by Crippen LogP contribution is -2.29. The Morgan fingerprint density at radius 2 is 1.07 bits per heavy atom. The number of aliphatic hydroxyl groups excluding tert-OH is 2. The van der Waals surface area contributed by atoms with E-state index in [0.29, 0.717) is 55.4 Å². The largest absolute Gasteiger partial charge is 0.481 e. The minimum atomic E-state index is -0.721. The zero-order chi connectivity index (χ0) is 30.8. The summed E-state index contributed by atoms with van der Waals surface area (Å²) < 4.78 is 11.2. The Hall–Kier alpha value is -3.24. The molecule has 4 N–H and O–H groups in total. The molecular weight excluding hydrogens is 599 g/mol. The SMILES string of the molecule is COc1nc(-c2cccc(-c3cccc(-c4ccc(C(O)[C@H]5CCCN5)c(OC)n4)c3Cl)c2Cl)ccc1C(O)[C@H]1CCCN1. The molecule has 0 radical (unpaired) electrons.